The van der Waals surface area contributed by atoms with Gasteiger partial charge in [0.1, 0.15) is 11.9 Å². The zero-order chi connectivity index (χ0) is 19.4. The highest BCUT2D eigenvalue weighted by molar-refractivity contribution is 7.90. The van der Waals surface area contributed by atoms with Crippen LogP contribution in [-0.4, -0.2) is 32.7 Å². The molecule has 0 spiro atoms. The van der Waals surface area contributed by atoms with Gasteiger partial charge in [0.05, 0.1) is 4.90 Å². The van der Waals surface area contributed by atoms with Crippen molar-refractivity contribution in [1.82, 2.24) is 10.0 Å². The Bertz CT molecular complexity index is 992. The van der Waals surface area contributed by atoms with Gasteiger partial charge in [-0.05, 0) is 37.2 Å². The Morgan fingerprint density at radius 1 is 1.14 bits per heavy atom. The number of anilines is 1. The third-order valence-corrected chi connectivity index (χ3v) is 5.60. The molecule has 1 amide bonds. The fourth-order valence-electron chi connectivity index (χ4n) is 2.78. The van der Waals surface area contributed by atoms with E-state index in [2.05, 4.69) is 20.3 Å². The van der Waals surface area contributed by atoms with Crippen molar-refractivity contribution < 1.29 is 13.2 Å². The first-order chi connectivity index (χ1) is 12.9. The van der Waals surface area contributed by atoms with Gasteiger partial charge in [-0.3, -0.25) is 14.5 Å². The molecule has 1 aliphatic rings. The van der Waals surface area contributed by atoms with Gasteiger partial charge >= 0.3 is 0 Å². The number of amidine groups is 1. The topological polar surface area (TPSA) is 99.7 Å². The average Bonchev–Trinajstić information content (AvgIpc) is 2.91. The summed E-state index contributed by atoms with van der Waals surface area (Å²) in [4.78, 5) is 17.1. The van der Waals surface area contributed by atoms with Crippen LogP contribution in [0.5, 0.6) is 0 Å². The summed E-state index contributed by atoms with van der Waals surface area (Å²) in [7, 11) is -3.62. The molecule has 3 N–H and O–H groups in total. The number of rotatable bonds is 6. The molecule has 3 rings (SSSR count). The van der Waals surface area contributed by atoms with E-state index in [4.69, 9.17) is 0 Å². The summed E-state index contributed by atoms with van der Waals surface area (Å²) in [6.45, 7) is 5.11. The van der Waals surface area contributed by atoms with Crippen molar-refractivity contribution in [2.75, 3.05) is 11.9 Å². The normalized spacial score (nSPS) is 16.6. The molecular formula is C19H23ClN4O3S. The SMILES string of the molecule is CCNCc1ccccc1NC(=O)C(C)N=C1NS(=O)(=O)c2ccccc21.Cl. The summed E-state index contributed by atoms with van der Waals surface area (Å²) in [6.07, 6.45) is 0. The van der Waals surface area contributed by atoms with Crippen LogP contribution >= 0.6 is 12.4 Å². The van der Waals surface area contributed by atoms with Crippen LogP contribution in [-0.2, 0) is 21.4 Å². The molecule has 7 nitrogen and oxygen atoms in total. The van der Waals surface area contributed by atoms with Crippen LogP contribution < -0.4 is 15.4 Å². The van der Waals surface area contributed by atoms with Crippen molar-refractivity contribution >= 4 is 39.9 Å². The largest absolute Gasteiger partial charge is 0.324 e. The fourth-order valence-corrected chi connectivity index (χ4v) is 4.01. The second kappa shape index (κ2) is 9.18. The fraction of sp³-hybridized carbons (Fsp3) is 0.263. The first-order valence-electron chi connectivity index (χ1n) is 8.72. The lowest BCUT2D eigenvalue weighted by Gasteiger charge is -2.13. The third kappa shape index (κ3) is 4.70. The number of amides is 1. The molecule has 0 saturated heterocycles. The molecule has 0 aliphatic carbocycles. The Balaban J connectivity index is 0.00000280. The van der Waals surface area contributed by atoms with Crippen molar-refractivity contribution in [2.24, 2.45) is 4.99 Å². The highest BCUT2D eigenvalue weighted by atomic mass is 35.5. The number of carbonyl (C=O) groups is 1. The maximum atomic E-state index is 12.6. The molecule has 1 atom stereocenters. The molecule has 9 heteroatoms. The van der Waals surface area contributed by atoms with Gasteiger partial charge in [0.15, 0.2) is 0 Å². The number of benzene rings is 2. The zero-order valence-corrected chi connectivity index (χ0v) is 17.2. The Morgan fingerprint density at radius 3 is 2.57 bits per heavy atom. The van der Waals surface area contributed by atoms with E-state index in [9.17, 15) is 13.2 Å². The molecule has 0 saturated carbocycles. The lowest BCUT2D eigenvalue weighted by Crippen LogP contribution is -2.29. The van der Waals surface area contributed by atoms with Crippen molar-refractivity contribution in [2.45, 2.75) is 31.3 Å². The molecule has 28 heavy (non-hydrogen) atoms. The molecule has 2 aromatic rings. The van der Waals surface area contributed by atoms with E-state index in [1.165, 1.54) is 6.07 Å². The van der Waals surface area contributed by atoms with Crippen molar-refractivity contribution in [1.29, 1.82) is 0 Å². The average molecular weight is 423 g/mol. The maximum Gasteiger partial charge on any atom is 0.263 e. The summed E-state index contributed by atoms with van der Waals surface area (Å²) in [5.74, 6) is -0.121. The second-order valence-corrected chi connectivity index (χ2v) is 7.83. The number of carbonyl (C=O) groups excluding carboxylic acids is 1. The minimum absolute atomic E-state index is 0. The highest BCUT2D eigenvalue weighted by Gasteiger charge is 2.31. The highest BCUT2D eigenvalue weighted by Crippen LogP contribution is 2.23. The van der Waals surface area contributed by atoms with E-state index < -0.39 is 16.1 Å². The molecule has 150 valence electrons. The summed E-state index contributed by atoms with van der Waals surface area (Å²) in [5.41, 5.74) is 2.16. The summed E-state index contributed by atoms with van der Waals surface area (Å²) >= 11 is 0. The second-order valence-electron chi connectivity index (χ2n) is 6.18. The number of halogens is 1. The van der Waals surface area contributed by atoms with E-state index in [-0.39, 0.29) is 29.0 Å². The molecule has 1 heterocycles. The lowest BCUT2D eigenvalue weighted by atomic mass is 10.1. The molecule has 1 aliphatic heterocycles. The predicted molar refractivity (Wildman–Crippen MR) is 112 cm³/mol. The van der Waals surface area contributed by atoms with Crippen LogP contribution in [0.2, 0.25) is 0 Å². The Labute approximate surface area is 171 Å². The Hall–Kier alpha value is -2.42. The van der Waals surface area contributed by atoms with Crippen LogP contribution in [0.3, 0.4) is 0 Å². The van der Waals surface area contributed by atoms with Crippen LogP contribution in [0, 0.1) is 0 Å². The van der Waals surface area contributed by atoms with Gasteiger partial charge < -0.3 is 10.6 Å². The third-order valence-electron chi connectivity index (χ3n) is 4.21. The lowest BCUT2D eigenvalue weighted by molar-refractivity contribution is -0.117. The van der Waals surface area contributed by atoms with Crippen LogP contribution in [0.1, 0.15) is 25.0 Å². The molecule has 2 aromatic carbocycles. The number of fused-ring (bicyclic) bond motifs is 1. The van der Waals surface area contributed by atoms with Crippen molar-refractivity contribution in [3.05, 3.63) is 59.7 Å². The summed E-state index contributed by atoms with van der Waals surface area (Å²) in [6, 6.07) is 13.3. The van der Waals surface area contributed by atoms with E-state index >= 15 is 0 Å². The number of nitrogens with one attached hydrogen (secondary N) is 3. The van der Waals surface area contributed by atoms with E-state index in [0.717, 1.165) is 12.1 Å². The maximum absolute atomic E-state index is 12.6. The first-order valence-corrected chi connectivity index (χ1v) is 10.2. The smallest absolute Gasteiger partial charge is 0.263 e. The molecule has 1 unspecified atom stereocenters. The van der Waals surface area contributed by atoms with Crippen LogP contribution in [0.15, 0.2) is 58.4 Å². The number of para-hydroxylation sites is 1. The van der Waals surface area contributed by atoms with Gasteiger partial charge in [0.25, 0.3) is 10.0 Å². The van der Waals surface area contributed by atoms with E-state index in [1.807, 2.05) is 31.2 Å². The van der Waals surface area contributed by atoms with Gasteiger partial charge in [-0.1, -0.05) is 37.3 Å². The summed E-state index contributed by atoms with van der Waals surface area (Å²) < 4.78 is 26.7. The van der Waals surface area contributed by atoms with Crippen molar-refractivity contribution in [3.63, 3.8) is 0 Å². The number of hydrogen-bond acceptors (Lipinski definition) is 5. The monoisotopic (exact) mass is 422 g/mol. The molecule has 0 bridgehead atoms. The van der Waals surface area contributed by atoms with Gasteiger partial charge in [-0.15, -0.1) is 12.4 Å². The number of sulfonamides is 1. The quantitative estimate of drug-likeness (QED) is 0.664. The first kappa shape index (κ1) is 21.9. The van der Waals surface area contributed by atoms with E-state index in [1.54, 1.807) is 25.1 Å². The van der Waals surface area contributed by atoms with Gasteiger partial charge in [0, 0.05) is 17.8 Å². The molecular weight excluding hydrogens is 400 g/mol. The minimum atomic E-state index is -3.62. The van der Waals surface area contributed by atoms with Gasteiger partial charge in [0.2, 0.25) is 5.91 Å². The number of nitrogens with zero attached hydrogens (tertiary/aromatic N) is 1. The Kier molecular flexibility index (Phi) is 7.17. The van der Waals surface area contributed by atoms with Crippen LogP contribution in [0.4, 0.5) is 5.69 Å². The van der Waals surface area contributed by atoms with Gasteiger partial charge in [-0.2, -0.15) is 0 Å². The summed E-state index contributed by atoms with van der Waals surface area (Å²) in [5, 5.41) is 6.11. The number of aliphatic imine (C=N–C) groups is 1. The van der Waals surface area contributed by atoms with Gasteiger partial charge in [-0.25, -0.2) is 8.42 Å². The van der Waals surface area contributed by atoms with E-state index in [0.29, 0.717) is 17.8 Å². The Morgan fingerprint density at radius 2 is 1.82 bits per heavy atom. The minimum Gasteiger partial charge on any atom is -0.324 e. The zero-order valence-electron chi connectivity index (χ0n) is 15.6. The standard InChI is InChI=1S/C19H22N4O3S.ClH/c1-3-20-12-14-8-4-6-10-16(14)22-19(24)13(2)21-18-15-9-5-7-11-17(15)27(25,26)23-18;/h4-11,13,20H,3,12H2,1-2H3,(H,21,23)(H,22,24);1H. The van der Waals surface area contributed by atoms with Crippen LogP contribution in [0.25, 0.3) is 0 Å². The molecule has 0 fully saturated rings. The number of hydrogen-bond donors (Lipinski definition) is 3. The molecule has 0 radical (unpaired) electrons. The predicted octanol–water partition coefficient (Wildman–Crippen LogP) is 2.28. The molecule has 0 aromatic heterocycles. The van der Waals surface area contributed by atoms with Crippen molar-refractivity contribution in [3.8, 4) is 0 Å².